The highest BCUT2D eigenvalue weighted by Gasteiger charge is 2.27. The van der Waals surface area contributed by atoms with Crippen molar-refractivity contribution in [2.45, 2.75) is 57.2 Å². The molecule has 0 radical (unpaired) electrons. The van der Waals surface area contributed by atoms with Crippen molar-refractivity contribution < 1.29 is 9.59 Å². The Kier molecular flexibility index (Phi) is 9.00. The molecule has 2 aromatic heterocycles. The molecule has 50 heavy (non-hydrogen) atoms. The van der Waals surface area contributed by atoms with Gasteiger partial charge in [-0.05, 0) is 73.4 Å². The molecule has 4 heterocycles. The number of amides is 2. The summed E-state index contributed by atoms with van der Waals surface area (Å²) in [6.07, 6.45) is 7.35. The number of anilines is 6. The predicted octanol–water partition coefficient (Wildman–Crippen LogP) is 5.97. The highest BCUT2D eigenvalue weighted by atomic mass is 16.2. The number of imidazole rings is 1. The number of carbonyl (C=O) groups excluding carboxylic acids is 2. The van der Waals surface area contributed by atoms with Gasteiger partial charge in [0, 0.05) is 67.9 Å². The van der Waals surface area contributed by atoms with Gasteiger partial charge in [0.15, 0.2) is 5.65 Å². The van der Waals surface area contributed by atoms with Gasteiger partial charge >= 0.3 is 0 Å². The summed E-state index contributed by atoms with van der Waals surface area (Å²) >= 11 is 0. The van der Waals surface area contributed by atoms with Crippen molar-refractivity contribution in [1.82, 2.24) is 29.7 Å². The van der Waals surface area contributed by atoms with E-state index in [-0.39, 0.29) is 17.9 Å². The fourth-order valence-corrected chi connectivity index (χ4v) is 7.30. The van der Waals surface area contributed by atoms with E-state index in [1.54, 1.807) is 0 Å². The number of para-hydroxylation sites is 1. The van der Waals surface area contributed by atoms with E-state index >= 15 is 0 Å². The fourth-order valence-electron chi connectivity index (χ4n) is 7.30. The number of benzene rings is 3. The van der Waals surface area contributed by atoms with E-state index in [0.717, 1.165) is 79.7 Å². The van der Waals surface area contributed by atoms with E-state index in [9.17, 15) is 9.59 Å². The normalized spacial score (nSPS) is 18.7. The van der Waals surface area contributed by atoms with Gasteiger partial charge in [0.25, 0.3) is 0 Å². The number of imide groups is 1. The van der Waals surface area contributed by atoms with Gasteiger partial charge in [0.05, 0.1) is 6.20 Å². The number of aromatic nitrogens is 4. The third-order valence-corrected chi connectivity index (χ3v) is 9.93. The summed E-state index contributed by atoms with van der Waals surface area (Å²) < 4.78 is 2.26. The molecule has 5 aromatic rings. The third-order valence-electron chi connectivity index (χ3n) is 9.93. The van der Waals surface area contributed by atoms with Crippen LogP contribution in [0.5, 0.6) is 0 Å². The second-order valence-corrected chi connectivity index (χ2v) is 13.4. The van der Waals surface area contributed by atoms with Gasteiger partial charge in [-0.15, -0.1) is 0 Å². The zero-order valence-corrected chi connectivity index (χ0v) is 28.0. The number of carbonyl (C=O) groups is 2. The maximum atomic E-state index is 12.2. The van der Waals surface area contributed by atoms with Crippen LogP contribution < -0.4 is 26.2 Å². The minimum atomic E-state index is -0.383. The number of hydrogen-bond acceptors (Lipinski definition) is 10. The van der Waals surface area contributed by atoms with E-state index in [1.807, 2.05) is 48.7 Å². The van der Waals surface area contributed by atoms with Crippen LogP contribution in [-0.2, 0) is 16.1 Å². The molecule has 8 rings (SSSR count). The molecular weight excluding hydrogens is 628 g/mol. The van der Waals surface area contributed by atoms with Crippen LogP contribution in [0.1, 0.15) is 50.1 Å². The van der Waals surface area contributed by atoms with E-state index in [1.165, 1.54) is 24.1 Å². The summed E-state index contributed by atoms with van der Waals surface area (Å²) in [6.45, 7) is 4.62. The predicted molar refractivity (Wildman–Crippen MR) is 196 cm³/mol. The number of hydrogen-bond donors (Lipinski definition) is 4. The van der Waals surface area contributed by atoms with Crippen molar-refractivity contribution in [3.05, 3.63) is 90.6 Å². The van der Waals surface area contributed by atoms with Crippen LogP contribution in [-0.4, -0.2) is 68.5 Å². The molecule has 1 unspecified atom stereocenters. The molecule has 0 bridgehead atoms. The number of rotatable bonds is 10. The van der Waals surface area contributed by atoms with Crippen molar-refractivity contribution in [3.8, 4) is 0 Å². The Balaban J connectivity index is 0.882. The Bertz CT molecular complexity index is 1970. The van der Waals surface area contributed by atoms with E-state index < -0.39 is 0 Å². The molecule has 3 aromatic carbocycles. The quantitative estimate of drug-likeness (QED) is 0.132. The maximum absolute atomic E-state index is 12.2. The SMILES string of the molecule is O=C1CCC(Nc2cccc(CN3CCN(c4ccc(Nc5ncc6nc(Nc7ccccc7)n(C7CCCC7)c6n5)cc4)CC3)c2)C(=O)N1. The van der Waals surface area contributed by atoms with E-state index in [4.69, 9.17) is 9.97 Å². The molecule has 1 aliphatic carbocycles. The fraction of sp³-hybridized carbons (Fsp3) is 0.342. The Hall–Kier alpha value is -5.49. The van der Waals surface area contributed by atoms with Crippen molar-refractivity contribution in [2.24, 2.45) is 0 Å². The van der Waals surface area contributed by atoms with Crippen LogP contribution in [0.4, 0.5) is 34.6 Å². The Morgan fingerprint density at radius 1 is 0.780 bits per heavy atom. The van der Waals surface area contributed by atoms with Crippen molar-refractivity contribution in [3.63, 3.8) is 0 Å². The Morgan fingerprint density at radius 2 is 1.54 bits per heavy atom. The van der Waals surface area contributed by atoms with Crippen LogP contribution in [0, 0.1) is 0 Å². The second-order valence-electron chi connectivity index (χ2n) is 13.4. The summed E-state index contributed by atoms with van der Waals surface area (Å²) in [5.74, 6) is 0.909. The van der Waals surface area contributed by atoms with Crippen molar-refractivity contribution in [1.29, 1.82) is 0 Å². The number of piperazine rings is 1. The molecule has 12 heteroatoms. The lowest BCUT2D eigenvalue weighted by Crippen LogP contribution is -2.47. The maximum Gasteiger partial charge on any atom is 0.249 e. The molecule has 1 atom stereocenters. The summed E-state index contributed by atoms with van der Waals surface area (Å²) in [4.78, 5) is 43.0. The van der Waals surface area contributed by atoms with Crippen LogP contribution in [0.25, 0.3) is 11.2 Å². The molecule has 2 saturated heterocycles. The van der Waals surface area contributed by atoms with Crippen LogP contribution in [0.3, 0.4) is 0 Å². The molecule has 0 spiro atoms. The minimum Gasteiger partial charge on any atom is -0.374 e. The lowest BCUT2D eigenvalue weighted by atomic mass is 10.1. The average molecular weight is 671 g/mol. The average Bonchev–Trinajstić information content (AvgIpc) is 3.79. The van der Waals surface area contributed by atoms with Gasteiger partial charge in [0.1, 0.15) is 11.6 Å². The van der Waals surface area contributed by atoms with Crippen molar-refractivity contribution in [2.75, 3.05) is 47.0 Å². The van der Waals surface area contributed by atoms with Gasteiger partial charge < -0.3 is 20.9 Å². The van der Waals surface area contributed by atoms with Crippen LogP contribution in [0.15, 0.2) is 85.1 Å². The zero-order chi connectivity index (χ0) is 33.9. The van der Waals surface area contributed by atoms with E-state index in [2.05, 4.69) is 77.0 Å². The first-order valence-electron chi connectivity index (χ1n) is 17.6. The number of nitrogens with one attached hydrogen (secondary N) is 4. The first-order chi connectivity index (χ1) is 24.5. The molecule has 3 fully saturated rings. The molecule has 2 aliphatic heterocycles. The molecular formula is C38H42N10O2. The minimum absolute atomic E-state index is 0.203. The first-order valence-corrected chi connectivity index (χ1v) is 17.6. The number of piperidine rings is 1. The van der Waals surface area contributed by atoms with Gasteiger partial charge in [-0.2, -0.15) is 4.98 Å². The van der Waals surface area contributed by atoms with Gasteiger partial charge in [-0.25, -0.2) is 9.97 Å². The second kappa shape index (κ2) is 14.2. The monoisotopic (exact) mass is 670 g/mol. The highest BCUT2D eigenvalue weighted by Crippen LogP contribution is 2.36. The summed E-state index contributed by atoms with van der Waals surface area (Å²) in [6, 6.07) is 26.8. The topological polar surface area (TPSA) is 132 Å². The lowest BCUT2D eigenvalue weighted by Gasteiger charge is -2.36. The van der Waals surface area contributed by atoms with Crippen molar-refractivity contribution >= 4 is 57.6 Å². The summed E-state index contributed by atoms with van der Waals surface area (Å²) in [5.41, 5.74) is 6.86. The zero-order valence-electron chi connectivity index (χ0n) is 28.0. The van der Waals surface area contributed by atoms with Gasteiger partial charge in [-0.1, -0.05) is 43.2 Å². The smallest absolute Gasteiger partial charge is 0.249 e. The third kappa shape index (κ3) is 7.11. The first kappa shape index (κ1) is 31.8. The van der Waals surface area contributed by atoms with Gasteiger partial charge in [0.2, 0.25) is 23.7 Å². The molecule has 256 valence electrons. The molecule has 1 saturated carbocycles. The highest BCUT2D eigenvalue weighted by molar-refractivity contribution is 6.01. The Morgan fingerprint density at radius 3 is 2.32 bits per heavy atom. The summed E-state index contributed by atoms with van der Waals surface area (Å²) in [7, 11) is 0. The molecule has 12 nitrogen and oxygen atoms in total. The number of fused-ring (bicyclic) bond motifs is 1. The Labute approximate surface area is 291 Å². The molecule has 3 aliphatic rings. The molecule has 4 N–H and O–H groups in total. The van der Waals surface area contributed by atoms with Crippen LogP contribution in [0.2, 0.25) is 0 Å². The van der Waals surface area contributed by atoms with E-state index in [0.29, 0.717) is 24.8 Å². The summed E-state index contributed by atoms with van der Waals surface area (Å²) in [5, 5.41) is 12.6. The lowest BCUT2D eigenvalue weighted by molar-refractivity contribution is -0.133. The van der Waals surface area contributed by atoms with Gasteiger partial charge in [-0.3, -0.25) is 24.4 Å². The largest absolute Gasteiger partial charge is 0.374 e. The van der Waals surface area contributed by atoms with Crippen LogP contribution >= 0.6 is 0 Å². The molecule has 2 amide bonds. The number of nitrogens with zero attached hydrogens (tertiary/aromatic N) is 6. The standard InChI is InChI=1S/C38H42N10O2/c49-34-18-17-32(36(50)44-34)40-29-10-6-7-26(23-29)25-46-19-21-47(22-20-46)30-15-13-28(14-16-30)41-37-39-24-33-35(45-37)48(31-11-4-5-12-31)38(43-33)42-27-8-2-1-3-9-27/h1-3,6-10,13-16,23-24,31-32,40H,4-5,11-12,17-22,25H2,(H,42,43)(H,39,41,45)(H,44,49,50).